The number of fused-ring (bicyclic) bond motifs is 4. The van der Waals surface area contributed by atoms with Crippen molar-refractivity contribution < 1.29 is 28.3 Å². The maximum atomic E-state index is 16.7. The van der Waals surface area contributed by atoms with Crippen LogP contribution in [0.4, 0.5) is 15.5 Å². The number of anilines is 2. The van der Waals surface area contributed by atoms with E-state index in [1.807, 2.05) is 67.7 Å². The number of halogens is 1. The van der Waals surface area contributed by atoms with Gasteiger partial charge in [0.15, 0.2) is 5.60 Å². The summed E-state index contributed by atoms with van der Waals surface area (Å²) in [5, 5.41) is 14.4. The van der Waals surface area contributed by atoms with Gasteiger partial charge in [0.05, 0.1) is 37.3 Å². The van der Waals surface area contributed by atoms with Gasteiger partial charge in [-0.25, -0.2) is 0 Å². The van der Waals surface area contributed by atoms with Gasteiger partial charge in [0.1, 0.15) is 0 Å². The minimum absolute atomic E-state index is 0.122. The average Bonchev–Trinajstić information content (AvgIpc) is 3.79. The summed E-state index contributed by atoms with van der Waals surface area (Å²) in [6.45, 7) is 11.8. The van der Waals surface area contributed by atoms with Crippen LogP contribution in [0, 0.1) is 5.92 Å². The van der Waals surface area contributed by atoms with E-state index in [2.05, 4.69) is 43.2 Å². The number of aromatic nitrogens is 1. The van der Waals surface area contributed by atoms with Crippen molar-refractivity contribution in [2.75, 3.05) is 23.4 Å². The first-order valence-electron chi connectivity index (χ1n) is 20.2. The quantitative estimate of drug-likeness (QED) is 0.0757. The van der Waals surface area contributed by atoms with Crippen LogP contribution in [0.1, 0.15) is 69.2 Å². The van der Waals surface area contributed by atoms with Crippen molar-refractivity contribution in [1.82, 2.24) is 9.88 Å². The molecule has 3 aromatic carbocycles. The number of benzene rings is 3. The molecule has 9 nitrogen and oxygen atoms in total. The number of amides is 3. The molecular formula is C46H55FN4O5Si. The summed E-state index contributed by atoms with van der Waals surface area (Å²) in [6, 6.07) is 20.8. The van der Waals surface area contributed by atoms with Gasteiger partial charge < -0.3 is 34.1 Å². The number of aromatic amines is 1. The second-order valence-corrected chi connectivity index (χ2v) is 20.7. The van der Waals surface area contributed by atoms with Crippen LogP contribution >= 0.6 is 0 Å². The number of aliphatic hydroxyl groups is 1. The third kappa shape index (κ3) is 7.89. The number of nitrogens with one attached hydrogen (secondary N) is 2. The molecule has 11 heteroatoms. The van der Waals surface area contributed by atoms with Crippen LogP contribution in [0.2, 0.25) is 18.6 Å². The normalized spacial score (nSPS) is 23.2. The number of hydrogen-bond donors (Lipinski definition) is 3. The van der Waals surface area contributed by atoms with Crippen LogP contribution in [-0.4, -0.2) is 66.4 Å². The lowest BCUT2D eigenvalue weighted by atomic mass is 9.82. The predicted octanol–water partition coefficient (Wildman–Crippen LogP) is 8.50. The molecular weight excluding hydrogens is 736 g/mol. The lowest BCUT2D eigenvalue weighted by Gasteiger charge is -2.37. The Bertz CT molecular complexity index is 2240. The van der Waals surface area contributed by atoms with Crippen molar-refractivity contribution >= 4 is 48.4 Å². The van der Waals surface area contributed by atoms with Gasteiger partial charge in [-0.05, 0) is 94.1 Å². The monoisotopic (exact) mass is 790 g/mol. The number of carbonyl (C=O) groups is 3. The number of rotatable bonds is 12. The maximum Gasteiger partial charge on any atom is 0.264 e. The number of hydrogen-bond acceptors (Lipinski definition) is 5. The second kappa shape index (κ2) is 16.2. The molecule has 5 atom stereocenters. The predicted molar refractivity (Wildman–Crippen MR) is 226 cm³/mol. The first kappa shape index (κ1) is 40.4. The van der Waals surface area contributed by atoms with Crippen LogP contribution in [0.3, 0.4) is 0 Å². The summed E-state index contributed by atoms with van der Waals surface area (Å²) in [7, 11) is -3.58. The number of ether oxygens (including phenoxy) is 1. The number of aliphatic hydroxyl groups excluding tert-OH is 1. The summed E-state index contributed by atoms with van der Waals surface area (Å²) in [6.07, 6.45) is 7.51. The molecule has 1 fully saturated rings. The molecule has 4 heterocycles. The van der Waals surface area contributed by atoms with Crippen LogP contribution in [0.15, 0.2) is 96.2 Å². The summed E-state index contributed by atoms with van der Waals surface area (Å²) in [5.74, 6) is -1.37. The molecule has 300 valence electrons. The highest BCUT2D eigenvalue weighted by atomic mass is 28.4. The SMILES string of the molecule is CC(C)=CCC/C(C)=C/CN1C(=O)[C@@]2(O[C@@H](CC(=O)N3Cc4ccccc4C[C@H]3CO)[C@H]([Si](C)(C)F)[C@H]2C)c2cc(NC(=O)Cc3c[nH]c4ccccc34)ccc21. The molecule has 0 bridgehead atoms. The summed E-state index contributed by atoms with van der Waals surface area (Å²) in [4.78, 5) is 49.5. The number of H-pyrrole nitrogens is 1. The molecule has 0 radical (unpaired) electrons. The molecule has 1 aromatic heterocycles. The van der Waals surface area contributed by atoms with E-state index in [0.29, 0.717) is 36.4 Å². The van der Waals surface area contributed by atoms with Crippen molar-refractivity contribution in [1.29, 1.82) is 0 Å². The Balaban J connectivity index is 1.22. The van der Waals surface area contributed by atoms with Crippen LogP contribution in [0.5, 0.6) is 0 Å². The molecule has 4 aromatic rings. The lowest BCUT2D eigenvalue weighted by molar-refractivity contribution is -0.150. The number of para-hydroxylation sites is 1. The van der Waals surface area contributed by atoms with Gasteiger partial charge in [0.2, 0.25) is 20.2 Å². The molecule has 0 unspecified atom stereocenters. The standard InChI is InChI=1S/C46H55FN4O5Si/c1-29(2)12-11-13-30(3)20-21-50-40-19-18-35(49-42(53)23-34-26-48-39-17-10-9-16-37(34)39)24-38(40)46(45(50)55)31(4)44(57(5,6)47)41(56-46)25-43(54)51-27-33-15-8-7-14-32(33)22-36(51)28-52/h7-10,12,14-20,24,26,31,36,41,44,48,52H,11,13,21-23,25,27-28H2,1-6H3,(H,49,53)/b30-20+/t31-,36+,41+,44-,46+/m1/s1. The van der Waals surface area contributed by atoms with Crippen molar-refractivity contribution in [3.05, 3.63) is 118 Å². The van der Waals surface area contributed by atoms with Crippen molar-refractivity contribution in [2.24, 2.45) is 5.92 Å². The lowest BCUT2D eigenvalue weighted by Crippen LogP contribution is -2.48. The fourth-order valence-electron chi connectivity index (χ4n) is 9.43. The molecule has 1 spiro atoms. The second-order valence-electron chi connectivity index (χ2n) is 16.9. The van der Waals surface area contributed by atoms with E-state index in [0.717, 1.165) is 46.0 Å². The number of nitrogens with zero attached hydrogens (tertiary/aromatic N) is 2. The topological polar surface area (TPSA) is 115 Å². The van der Waals surface area contributed by atoms with Crippen molar-refractivity contribution in [3.63, 3.8) is 0 Å². The molecule has 57 heavy (non-hydrogen) atoms. The Morgan fingerprint density at radius 3 is 2.53 bits per heavy atom. The Kier molecular flexibility index (Phi) is 11.5. The minimum Gasteiger partial charge on any atom is -0.394 e. The molecule has 3 N–H and O–H groups in total. The van der Waals surface area contributed by atoms with Crippen LogP contribution in [0.25, 0.3) is 10.9 Å². The molecule has 7 rings (SSSR count). The first-order valence-corrected chi connectivity index (χ1v) is 23.1. The third-order valence-corrected chi connectivity index (χ3v) is 14.7. The molecule has 3 aliphatic heterocycles. The Morgan fingerprint density at radius 1 is 1.05 bits per heavy atom. The third-order valence-electron chi connectivity index (χ3n) is 12.2. The van der Waals surface area contributed by atoms with E-state index in [9.17, 15) is 14.7 Å². The van der Waals surface area contributed by atoms with E-state index in [4.69, 9.17) is 4.74 Å². The van der Waals surface area contributed by atoms with Crippen molar-refractivity contribution in [2.45, 2.75) is 103 Å². The summed E-state index contributed by atoms with van der Waals surface area (Å²) >= 11 is 0. The van der Waals surface area contributed by atoms with Gasteiger partial charge >= 0.3 is 0 Å². The van der Waals surface area contributed by atoms with Gasteiger partial charge in [-0.2, -0.15) is 0 Å². The summed E-state index contributed by atoms with van der Waals surface area (Å²) < 4.78 is 23.7. The maximum absolute atomic E-state index is 16.7. The molecule has 3 amide bonds. The Morgan fingerprint density at radius 2 is 1.79 bits per heavy atom. The smallest absolute Gasteiger partial charge is 0.264 e. The van der Waals surface area contributed by atoms with E-state index in [-0.39, 0.29) is 37.2 Å². The zero-order chi connectivity index (χ0) is 40.6. The van der Waals surface area contributed by atoms with Crippen molar-refractivity contribution in [3.8, 4) is 0 Å². The molecule has 1 saturated heterocycles. The van der Waals surface area contributed by atoms with Gasteiger partial charge in [-0.15, -0.1) is 0 Å². The Hall–Kier alpha value is -4.84. The molecule has 0 aliphatic carbocycles. The molecule has 0 saturated carbocycles. The van der Waals surface area contributed by atoms with E-state index in [1.54, 1.807) is 35.0 Å². The van der Waals surface area contributed by atoms with Gasteiger partial charge in [0.25, 0.3) is 5.91 Å². The fourth-order valence-corrected chi connectivity index (χ4v) is 11.9. The van der Waals surface area contributed by atoms with E-state index >= 15 is 8.90 Å². The van der Waals surface area contributed by atoms with Crippen LogP contribution < -0.4 is 10.2 Å². The van der Waals surface area contributed by atoms with E-state index < -0.39 is 37.6 Å². The summed E-state index contributed by atoms with van der Waals surface area (Å²) in [5.41, 5.74) is 5.78. The average molecular weight is 791 g/mol. The van der Waals surface area contributed by atoms with Gasteiger partial charge in [0, 0.05) is 52.9 Å². The van der Waals surface area contributed by atoms with Gasteiger partial charge in [-0.3, -0.25) is 14.4 Å². The minimum atomic E-state index is -3.58. The van der Waals surface area contributed by atoms with Crippen LogP contribution in [-0.2, 0) is 44.1 Å². The van der Waals surface area contributed by atoms with E-state index in [1.165, 1.54) is 5.57 Å². The highest BCUT2D eigenvalue weighted by Gasteiger charge is 2.67. The number of allylic oxidation sites excluding steroid dienone is 3. The fraction of sp³-hybridized carbons (Fsp3) is 0.413. The Labute approximate surface area is 336 Å². The highest BCUT2D eigenvalue weighted by Crippen LogP contribution is 2.60. The largest absolute Gasteiger partial charge is 0.394 e. The number of carbonyl (C=O) groups excluding carboxylic acids is 3. The zero-order valence-electron chi connectivity index (χ0n) is 33.9. The highest BCUT2D eigenvalue weighted by molar-refractivity contribution is 6.72. The first-order chi connectivity index (χ1) is 27.2. The molecule has 3 aliphatic rings. The zero-order valence-corrected chi connectivity index (χ0v) is 34.9. The van der Waals surface area contributed by atoms with Gasteiger partial charge in [-0.1, -0.05) is 72.7 Å².